The van der Waals surface area contributed by atoms with E-state index in [1.165, 1.54) is 5.69 Å². The molecule has 1 N–H and O–H groups in total. The van der Waals surface area contributed by atoms with E-state index in [1.54, 1.807) is 38.5 Å². The molecule has 1 unspecified atom stereocenters. The molecular weight excluding hydrogens is 464 g/mol. The van der Waals surface area contributed by atoms with Gasteiger partial charge >= 0.3 is 0 Å². The maximum atomic E-state index is 12.7. The molecule has 0 spiro atoms. The van der Waals surface area contributed by atoms with Crippen LogP contribution in [0.5, 0.6) is 11.5 Å². The standard InChI is InChI=1S/C26H32N4O4S/c1-29-24(15-23(28-29)19-9-10-25(33-2)26(14-19)34-3)22-17-30-12-11-18(22)13-20(30)16-27-35(31,32)21-7-5-4-6-8-21/h4-10,14-15,18,20,22,27H,11-13,16-17H2,1-3H3/t18-,20+,22+/m0/s1. The Balaban J connectivity index is 1.29. The summed E-state index contributed by atoms with van der Waals surface area (Å²) in [4.78, 5) is 2.74. The van der Waals surface area contributed by atoms with E-state index in [-0.39, 0.29) is 6.04 Å². The fourth-order valence-corrected chi connectivity index (χ4v) is 6.63. The van der Waals surface area contributed by atoms with E-state index in [2.05, 4.69) is 15.7 Å². The summed E-state index contributed by atoms with van der Waals surface area (Å²) in [6.07, 6.45) is 2.09. The monoisotopic (exact) mass is 496 g/mol. The molecule has 9 heteroatoms. The van der Waals surface area contributed by atoms with Gasteiger partial charge in [-0.25, -0.2) is 13.1 Å². The van der Waals surface area contributed by atoms with Gasteiger partial charge < -0.3 is 9.47 Å². The lowest BCUT2D eigenvalue weighted by molar-refractivity contribution is 0.0306. The second kappa shape index (κ2) is 9.64. The lowest BCUT2D eigenvalue weighted by Gasteiger charge is -2.49. The molecule has 6 rings (SSSR count). The van der Waals surface area contributed by atoms with Crippen LogP contribution in [0.2, 0.25) is 0 Å². The predicted molar refractivity (Wildman–Crippen MR) is 134 cm³/mol. The van der Waals surface area contributed by atoms with Crippen molar-refractivity contribution in [3.63, 3.8) is 0 Å². The zero-order valence-electron chi connectivity index (χ0n) is 20.3. The summed E-state index contributed by atoms with van der Waals surface area (Å²) >= 11 is 0. The molecule has 3 aliphatic heterocycles. The first kappa shape index (κ1) is 23.8. The maximum Gasteiger partial charge on any atom is 0.240 e. The number of sulfonamides is 1. The van der Waals surface area contributed by atoms with Gasteiger partial charge in [-0.1, -0.05) is 18.2 Å². The first-order valence-electron chi connectivity index (χ1n) is 11.9. The minimum atomic E-state index is -3.50. The third kappa shape index (κ3) is 4.68. The van der Waals surface area contributed by atoms with Gasteiger partial charge in [0.1, 0.15) is 0 Å². The van der Waals surface area contributed by atoms with Crippen molar-refractivity contribution in [3.8, 4) is 22.8 Å². The van der Waals surface area contributed by atoms with Crippen LogP contribution in [0.15, 0.2) is 59.5 Å². The Morgan fingerprint density at radius 3 is 2.51 bits per heavy atom. The van der Waals surface area contributed by atoms with Crippen LogP contribution in [0, 0.1) is 5.92 Å². The molecular formula is C26H32N4O4S. The van der Waals surface area contributed by atoms with E-state index >= 15 is 0 Å². The molecule has 4 atom stereocenters. The normalized spacial score (nSPS) is 23.9. The van der Waals surface area contributed by atoms with Crippen LogP contribution in [-0.4, -0.2) is 63.0 Å². The Hall–Kier alpha value is -2.88. The lowest BCUT2D eigenvalue weighted by atomic mass is 9.74. The summed E-state index contributed by atoms with van der Waals surface area (Å²) in [5, 5.41) is 4.80. The zero-order chi connectivity index (χ0) is 24.6. The largest absolute Gasteiger partial charge is 0.493 e. The molecule has 3 aliphatic rings. The molecule has 35 heavy (non-hydrogen) atoms. The molecule has 0 saturated carbocycles. The second-order valence-corrected chi connectivity index (χ2v) is 11.1. The van der Waals surface area contributed by atoms with Gasteiger partial charge in [0.2, 0.25) is 10.0 Å². The summed E-state index contributed by atoms with van der Waals surface area (Å²) in [5.74, 6) is 2.25. The van der Waals surface area contributed by atoms with E-state index in [0.717, 1.165) is 37.2 Å². The highest BCUT2D eigenvalue weighted by Gasteiger charge is 2.42. The van der Waals surface area contributed by atoms with Crippen molar-refractivity contribution >= 4 is 10.0 Å². The molecule has 3 aromatic rings. The topological polar surface area (TPSA) is 85.7 Å². The predicted octanol–water partition coefficient (Wildman–Crippen LogP) is 3.26. The van der Waals surface area contributed by atoms with Crippen LogP contribution in [0.1, 0.15) is 24.5 Å². The Morgan fingerprint density at radius 2 is 1.83 bits per heavy atom. The molecule has 8 nitrogen and oxygen atoms in total. The third-order valence-electron chi connectivity index (χ3n) is 7.42. The Morgan fingerprint density at radius 1 is 1.06 bits per heavy atom. The quantitative estimate of drug-likeness (QED) is 0.515. The van der Waals surface area contributed by atoms with Crippen molar-refractivity contribution in [1.29, 1.82) is 0 Å². The number of hydrogen-bond acceptors (Lipinski definition) is 6. The summed E-state index contributed by atoms with van der Waals surface area (Å²) in [6, 6.07) is 16.8. The van der Waals surface area contributed by atoms with E-state index in [4.69, 9.17) is 14.6 Å². The van der Waals surface area contributed by atoms with Crippen molar-refractivity contribution in [3.05, 3.63) is 60.3 Å². The van der Waals surface area contributed by atoms with Gasteiger partial charge in [0.25, 0.3) is 0 Å². The van der Waals surface area contributed by atoms with E-state index in [1.807, 2.05) is 36.0 Å². The summed E-state index contributed by atoms with van der Waals surface area (Å²) < 4.78 is 41.0. The number of aromatic nitrogens is 2. The van der Waals surface area contributed by atoms with Crippen LogP contribution >= 0.6 is 0 Å². The van der Waals surface area contributed by atoms with Crippen molar-refractivity contribution in [1.82, 2.24) is 19.4 Å². The Kier molecular flexibility index (Phi) is 6.57. The fourth-order valence-electron chi connectivity index (χ4n) is 5.54. The number of piperidine rings is 3. The highest BCUT2D eigenvalue weighted by atomic mass is 32.2. The van der Waals surface area contributed by atoms with Gasteiger partial charge in [0, 0.05) is 43.4 Å². The molecule has 0 aliphatic carbocycles. The van der Waals surface area contributed by atoms with Gasteiger partial charge in [-0.15, -0.1) is 0 Å². The van der Waals surface area contributed by atoms with Gasteiger partial charge in [0.05, 0.1) is 24.8 Å². The molecule has 3 saturated heterocycles. The minimum Gasteiger partial charge on any atom is -0.493 e. The molecule has 3 fully saturated rings. The average Bonchev–Trinajstić information content (AvgIpc) is 3.29. The lowest BCUT2D eigenvalue weighted by Crippen LogP contribution is -2.56. The number of fused-ring (bicyclic) bond motifs is 3. The highest BCUT2D eigenvalue weighted by molar-refractivity contribution is 7.89. The number of rotatable bonds is 8. The minimum absolute atomic E-state index is 0.210. The van der Waals surface area contributed by atoms with Crippen LogP contribution in [0.3, 0.4) is 0 Å². The van der Waals surface area contributed by atoms with Crippen molar-refractivity contribution in [2.45, 2.75) is 29.7 Å². The van der Waals surface area contributed by atoms with Gasteiger partial charge in [-0.3, -0.25) is 9.58 Å². The van der Waals surface area contributed by atoms with E-state index < -0.39 is 10.0 Å². The smallest absolute Gasteiger partial charge is 0.240 e. The van der Waals surface area contributed by atoms with Crippen molar-refractivity contribution in [2.75, 3.05) is 33.9 Å². The summed E-state index contributed by atoms with van der Waals surface area (Å²) in [5.41, 5.74) is 3.11. The SMILES string of the molecule is COc1ccc(-c2cc([C@@H]3CN4CC[C@H]3C[C@@H]4CNS(=O)(=O)c3ccccc3)n(C)n2)cc1OC. The number of ether oxygens (including phenoxy) is 2. The summed E-state index contributed by atoms with van der Waals surface area (Å²) in [7, 11) is 1.77. The van der Waals surface area contributed by atoms with Gasteiger partial charge in [0.15, 0.2) is 11.5 Å². The molecule has 4 heterocycles. The molecule has 186 valence electrons. The number of nitrogens with one attached hydrogen (secondary N) is 1. The fraction of sp³-hybridized carbons (Fsp3) is 0.423. The molecule has 0 amide bonds. The zero-order valence-corrected chi connectivity index (χ0v) is 21.2. The van der Waals surface area contributed by atoms with Crippen LogP contribution in [-0.2, 0) is 17.1 Å². The number of nitrogens with zero attached hydrogens (tertiary/aromatic N) is 3. The first-order valence-corrected chi connectivity index (χ1v) is 13.4. The Bertz CT molecular complexity index is 1290. The number of hydrogen-bond donors (Lipinski definition) is 1. The number of methoxy groups -OCH3 is 2. The summed E-state index contributed by atoms with van der Waals surface area (Å²) in [6.45, 7) is 2.34. The second-order valence-electron chi connectivity index (χ2n) is 9.35. The molecule has 2 bridgehead atoms. The van der Waals surface area contributed by atoms with Gasteiger partial charge in [-0.05, 0) is 61.7 Å². The number of benzene rings is 2. The average molecular weight is 497 g/mol. The highest BCUT2D eigenvalue weighted by Crippen LogP contribution is 2.42. The van der Waals surface area contributed by atoms with Crippen LogP contribution in [0.4, 0.5) is 0 Å². The maximum absolute atomic E-state index is 12.7. The molecule has 0 radical (unpaired) electrons. The van der Waals surface area contributed by atoms with Crippen molar-refractivity contribution in [2.24, 2.45) is 13.0 Å². The van der Waals surface area contributed by atoms with Crippen molar-refractivity contribution < 1.29 is 17.9 Å². The van der Waals surface area contributed by atoms with E-state index in [0.29, 0.717) is 34.8 Å². The Labute approximate surface area is 206 Å². The third-order valence-corrected chi connectivity index (χ3v) is 8.86. The molecule has 1 aromatic heterocycles. The van der Waals surface area contributed by atoms with Crippen LogP contribution < -0.4 is 14.2 Å². The number of aryl methyl sites for hydroxylation is 1. The van der Waals surface area contributed by atoms with Crippen LogP contribution in [0.25, 0.3) is 11.3 Å². The van der Waals surface area contributed by atoms with Gasteiger partial charge in [-0.2, -0.15) is 5.10 Å². The van der Waals surface area contributed by atoms with E-state index in [9.17, 15) is 8.42 Å². The molecule has 2 aromatic carbocycles. The first-order chi connectivity index (χ1) is 16.9.